The predicted molar refractivity (Wildman–Crippen MR) is 115 cm³/mol. The molecule has 2 heteroatoms. The summed E-state index contributed by atoms with van der Waals surface area (Å²) in [4.78, 5) is 0. The van der Waals surface area contributed by atoms with Gasteiger partial charge >= 0.3 is 0 Å². The van der Waals surface area contributed by atoms with Crippen LogP contribution in [-0.2, 0) is 5.41 Å². The van der Waals surface area contributed by atoms with Crippen molar-refractivity contribution in [2.45, 2.75) is 62.8 Å². The fourth-order valence-corrected chi connectivity index (χ4v) is 7.09. The first kappa shape index (κ1) is 18.2. The Morgan fingerprint density at radius 1 is 0.893 bits per heavy atom. The van der Waals surface area contributed by atoms with Crippen molar-refractivity contribution in [2.24, 2.45) is 17.8 Å². The van der Waals surface area contributed by atoms with E-state index in [0.717, 1.165) is 36.3 Å². The summed E-state index contributed by atoms with van der Waals surface area (Å²) in [6, 6.07) is 18.6. The first-order valence-corrected chi connectivity index (χ1v) is 11.2. The van der Waals surface area contributed by atoms with Crippen LogP contribution >= 0.6 is 0 Å². The van der Waals surface area contributed by atoms with Crippen LogP contribution in [-0.4, -0.2) is 17.2 Å². The van der Waals surface area contributed by atoms with E-state index in [9.17, 15) is 5.11 Å². The van der Waals surface area contributed by atoms with Crippen LogP contribution in [0.4, 0.5) is 0 Å². The molecule has 2 aromatic rings. The monoisotopic (exact) mass is 375 g/mol. The summed E-state index contributed by atoms with van der Waals surface area (Å²) in [5, 5.41) is 14.7. The molecule has 4 bridgehead atoms. The zero-order valence-corrected chi connectivity index (χ0v) is 17.0. The van der Waals surface area contributed by atoms with Gasteiger partial charge in [0.15, 0.2) is 0 Å². The summed E-state index contributed by atoms with van der Waals surface area (Å²) in [6.45, 7) is 3.30. The van der Waals surface area contributed by atoms with E-state index >= 15 is 0 Å². The summed E-state index contributed by atoms with van der Waals surface area (Å²) in [5.41, 5.74) is 2.52. The minimum Gasteiger partial charge on any atom is -0.508 e. The van der Waals surface area contributed by atoms with Crippen molar-refractivity contribution in [3.8, 4) is 5.75 Å². The molecular formula is C26H33NO. The van der Waals surface area contributed by atoms with E-state index in [4.69, 9.17) is 0 Å². The van der Waals surface area contributed by atoms with Gasteiger partial charge in [-0.1, -0.05) is 55.5 Å². The van der Waals surface area contributed by atoms with E-state index in [-0.39, 0.29) is 5.41 Å². The predicted octanol–water partition coefficient (Wildman–Crippen LogP) is 5.65. The van der Waals surface area contributed by atoms with Crippen LogP contribution in [0.2, 0.25) is 0 Å². The number of aromatic hydroxyl groups is 1. The molecule has 1 unspecified atom stereocenters. The van der Waals surface area contributed by atoms with Crippen molar-refractivity contribution in [2.75, 3.05) is 6.54 Å². The normalized spacial score (nSPS) is 33.0. The maximum atomic E-state index is 10.6. The molecule has 4 aliphatic rings. The Labute approximate surface area is 169 Å². The van der Waals surface area contributed by atoms with E-state index in [1.165, 1.54) is 44.1 Å². The molecule has 28 heavy (non-hydrogen) atoms. The van der Waals surface area contributed by atoms with Gasteiger partial charge in [0.05, 0.1) is 0 Å². The van der Waals surface area contributed by atoms with Gasteiger partial charge in [0.2, 0.25) is 0 Å². The summed E-state index contributed by atoms with van der Waals surface area (Å²) in [5.74, 6) is 3.32. The highest BCUT2D eigenvalue weighted by Gasteiger charge is 2.50. The van der Waals surface area contributed by atoms with Gasteiger partial charge < -0.3 is 10.4 Å². The zero-order valence-electron chi connectivity index (χ0n) is 17.0. The zero-order chi connectivity index (χ0) is 19.2. The van der Waals surface area contributed by atoms with Crippen molar-refractivity contribution in [3.63, 3.8) is 0 Å². The quantitative estimate of drug-likeness (QED) is 0.684. The van der Waals surface area contributed by atoms with Gasteiger partial charge in [-0.3, -0.25) is 0 Å². The highest BCUT2D eigenvalue weighted by molar-refractivity contribution is 5.45. The molecule has 148 valence electrons. The molecule has 2 aromatic carbocycles. The summed E-state index contributed by atoms with van der Waals surface area (Å²) in [7, 11) is 0. The number of benzene rings is 2. The van der Waals surface area contributed by atoms with Crippen molar-refractivity contribution >= 4 is 0 Å². The molecule has 0 spiro atoms. The number of nitrogens with one attached hydrogen (secondary N) is 1. The highest BCUT2D eigenvalue weighted by Crippen LogP contribution is 2.55. The number of phenols is 1. The van der Waals surface area contributed by atoms with Gasteiger partial charge in [-0.25, -0.2) is 0 Å². The Morgan fingerprint density at radius 2 is 1.46 bits per heavy atom. The minimum atomic E-state index is -0.193. The molecule has 0 aromatic heterocycles. The second kappa shape index (κ2) is 6.91. The molecule has 1 atom stereocenters. The second-order valence-corrected chi connectivity index (χ2v) is 10.1. The molecular weight excluding hydrogens is 342 g/mol. The molecule has 0 radical (unpaired) electrons. The SMILES string of the molecule is CC(CCNC12CC3CC(CC(C3)C1)C2)(c1ccccc1)c1ccccc1O. The smallest absolute Gasteiger partial charge is 0.119 e. The van der Waals surface area contributed by atoms with Gasteiger partial charge in [0, 0.05) is 16.5 Å². The molecule has 0 saturated heterocycles. The average Bonchev–Trinajstić information content (AvgIpc) is 2.67. The lowest BCUT2D eigenvalue weighted by Crippen LogP contribution is -2.58. The maximum absolute atomic E-state index is 10.6. The van der Waals surface area contributed by atoms with Gasteiger partial charge in [-0.05, 0) is 80.9 Å². The largest absolute Gasteiger partial charge is 0.508 e. The lowest BCUT2D eigenvalue weighted by Gasteiger charge is -2.57. The topological polar surface area (TPSA) is 32.3 Å². The fourth-order valence-electron chi connectivity index (χ4n) is 7.09. The van der Waals surface area contributed by atoms with Gasteiger partial charge in [0.1, 0.15) is 5.75 Å². The van der Waals surface area contributed by atoms with Crippen molar-refractivity contribution in [1.29, 1.82) is 0 Å². The number of rotatable bonds is 6. The van der Waals surface area contributed by atoms with E-state index < -0.39 is 0 Å². The van der Waals surface area contributed by atoms with Crippen LogP contribution in [0.25, 0.3) is 0 Å². The second-order valence-electron chi connectivity index (χ2n) is 10.1. The molecule has 0 heterocycles. The van der Waals surface area contributed by atoms with Crippen molar-refractivity contribution in [1.82, 2.24) is 5.32 Å². The lowest BCUT2D eigenvalue weighted by atomic mass is 9.53. The van der Waals surface area contributed by atoms with Crippen LogP contribution in [0.3, 0.4) is 0 Å². The van der Waals surface area contributed by atoms with E-state index in [2.05, 4.69) is 48.6 Å². The van der Waals surface area contributed by atoms with E-state index in [0.29, 0.717) is 11.3 Å². The first-order chi connectivity index (χ1) is 13.6. The number of phenolic OH excluding ortho intramolecular Hbond substituents is 1. The number of hydrogen-bond acceptors (Lipinski definition) is 2. The molecule has 2 nitrogen and oxygen atoms in total. The van der Waals surface area contributed by atoms with Crippen molar-refractivity contribution in [3.05, 3.63) is 65.7 Å². The molecule has 4 fully saturated rings. The van der Waals surface area contributed by atoms with E-state index in [1.54, 1.807) is 0 Å². The highest BCUT2D eigenvalue weighted by atomic mass is 16.3. The molecule has 4 aliphatic carbocycles. The number of para-hydroxylation sites is 1. The number of hydrogen-bond donors (Lipinski definition) is 2. The molecule has 0 amide bonds. The van der Waals surface area contributed by atoms with Crippen LogP contribution in [0.1, 0.15) is 63.0 Å². The Morgan fingerprint density at radius 3 is 2.07 bits per heavy atom. The van der Waals surface area contributed by atoms with Gasteiger partial charge in [-0.15, -0.1) is 0 Å². The lowest BCUT2D eigenvalue weighted by molar-refractivity contribution is -0.0199. The third kappa shape index (κ3) is 3.16. The van der Waals surface area contributed by atoms with Crippen LogP contribution in [0, 0.1) is 17.8 Å². The Kier molecular flexibility index (Phi) is 4.50. The average molecular weight is 376 g/mol. The summed E-state index contributed by atoms with van der Waals surface area (Å²) >= 11 is 0. The standard InChI is InChI=1S/C26H33NO/c1-25(22-7-3-2-4-8-22,23-9-5-6-10-24(23)28)11-12-27-26-16-19-13-20(17-26)15-21(14-19)18-26/h2-10,19-21,27-28H,11-18H2,1H3. The first-order valence-electron chi connectivity index (χ1n) is 11.2. The Balaban J connectivity index is 1.37. The Hall–Kier alpha value is -1.80. The fraction of sp³-hybridized carbons (Fsp3) is 0.538. The summed E-state index contributed by atoms with van der Waals surface area (Å²) < 4.78 is 0. The van der Waals surface area contributed by atoms with Crippen LogP contribution < -0.4 is 5.32 Å². The van der Waals surface area contributed by atoms with Crippen LogP contribution in [0.15, 0.2) is 54.6 Å². The third-order valence-electron chi connectivity index (χ3n) is 8.07. The Bertz CT molecular complexity index is 794. The van der Waals surface area contributed by atoms with E-state index in [1.807, 2.05) is 18.2 Å². The molecule has 4 saturated carbocycles. The van der Waals surface area contributed by atoms with Crippen molar-refractivity contribution < 1.29 is 5.11 Å². The van der Waals surface area contributed by atoms with Crippen LogP contribution in [0.5, 0.6) is 5.75 Å². The maximum Gasteiger partial charge on any atom is 0.119 e. The minimum absolute atomic E-state index is 0.193. The third-order valence-corrected chi connectivity index (χ3v) is 8.07. The van der Waals surface area contributed by atoms with Gasteiger partial charge in [0.25, 0.3) is 0 Å². The molecule has 6 rings (SSSR count). The summed E-state index contributed by atoms with van der Waals surface area (Å²) in [6.07, 6.45) is 9.62. The van der Waals surface area contributed by atoms with Gasteiger partial charge in [-0.2, -0.15) is 0 Å². The molecule has 0 aliphatic heterocycles. The molecule has 2 N–H and O–H groups in total.